The Bertz CT molecular complexity index is 925. The van der Waals surface area contributed by atoms with E-state index in [1.807, 2.05) is 54.6 Å². The van der Waals surface area contributed by atoms with E-state index in [4.69, 9.17) is 4.74 Å². The molecular formula is C22H29N3O4S. The molecule has 0 bridgehead atoms. The van der Waals surface area contributed by atoms with Crippen molar-refractivity contribution in [2.45, 2.75) is 6.42 Å². The summed E-state index contributed by atoms with van der Waals surface area (Å²) in [6.07, 6.45) is 1.74. The maximum absolute atomic E-state index is 12.8. The van der Waals surface area contributed by atoms with Gasteiger partial charge in [0.15, 0.2) is 0 Å². The van der Waals surface area contributed by atoms with Crippen LogP contribution in [0.4, 0.5) is 5.69 Å². The predicted octanol–water partition coefficient (Wildman–Crippen LogP) is 1.85. The predicted molar refractivity (Wildman–Crippen MR) is 118 cm³/mol. The van der Waals surface area contributed by atoms with Crippen LogP contribution in [-0.2, 0) is 21.2 Å². The van der Waals surface area contributed by atoms with Gasteiger partial charge in [-0.25, -0.2) is 8.42 Å². The second-order valence-corrected chi connectivity index (χ2v) is 9.38. The lowest BCUT2D eigenvalue weighted by atomic mass is 10.1. The molecule has 8 heteroatoms. The monoisotopic (exact) mass is 431 g/mol. The van der Waals surface area contributed by atoms with Gasteiger partial charge in [-0.15, -0.1) is 0 Å². The Morgan fingerprint density at radius 2 is 1.63 bits per heavy atom. The summed E-state index contributed by atoms with van der Waals surface area (Å²) in [5, 5.41) is 0. The number of methoxy groups -OCH3 is 1. The van der Waals surface area contributed by atoms with E-state index in [1.165, 1.54) is 4.31 Å². The van der Waals surface area contributed by atoms with E-state index < -0.39 is 10.0 Å². The minimum absolute atomic E-state index is 0.117. The third-order valence-corrected chi connectivity index (χ3v) is 6.59. The molecule has 0 spiro atoms. The van der Waals surface area contributed by atoms with Crippen LogP contribution in [-0.4, -0.2) is 76.2 Å². The SMILES string of the molecule is COc1ccc(N2CCN(C(=O)CN(CCc3ccccc3)S(C)(=O)=O)CC2)cc1. The average molecular weight is 432 g/mol. The first-order valence-corrected chi connectivity index (χ1v) is 11.9. The topological polar surface area (TPSA) is 70.2 Å². The van der Waals surface area contributed by atoms with Crippen molar-refractivity contribution in [2.75, 3.05) is 57.5 Å². The van der Waals surface area contributed by atoms with Crippen molar-refractivity contribution in [2.24, 2.45) is 0 Å². The number of piperazine rings is 1. The first-order chi connectivity index (χ1) is 14.4. The molecule has 2 aromatic carbocycles. The zero-order valence-electron chi connectivity index (χ0n) is 17.5. The summed E-state index contributed by atoms with van der Waals surface area (Å²) < 4.78 is 30.9. The van der Waals surface area contributed by atoms with Crippen molar-refractivity contribution in [3.05, 3.63) is 60.2 Å². The summed E-state index contributed by atoms with van der Waals surface area (Å²) in [4.78, 5) is 16.7. The molecule has 30 heavy (non-hydrogen) atoms. The van der Waals surface area contributed by atoms with Crippen LogP contribution in [0.3, 0.4) is 0 Å². The molecule has 1 fully saturated rings. The van der Waals surface area contributed by atoms with Crippen LogP contribution in [0.1, 0.15) is 5.56 Å². The number of anilines is 1. The first kappa shape index (κ1) is 22.1. The minimum atomic E-state index is -3.47. The highest BCUT2D eigenvalue weighted by Crippen LogP contribution is 2.20. The molecule has 2 aromatic rings. The zero-order valence-corrected chi connectivity index (χ0v) is 18.3. The summed E-state index contributed by atoms with van der Waals surface area (Å²) in [5.41, 5.74) is 2.13. The lowest BCUT2D eigenvalue weighted by Crippen LogP contribution is -2.52. The number of ether oxygens (including phenoxy) is 1. The highest BCUT2D eigenvalue weighted by atomic mass is 32.2. The van der Waals surface area contributed by atoms with Crippen molar-refractivity contribution in [1.29, 1.82) is 0 Å². The quantitative estimate of drug-likeness (QED) is 0.638. The Balaban J connectivity index is 1.54. The maximum Gasteiger partial charge on any atom is 0.238 e. The molecule has 0 aliphatic carbocycles. The Hall–Kier alpha value is -2.58. The Morgan fingerprint density at radius 1 is 1.00 bits per heavy atom. The molecule has 0 radical (unpaired) electrons. The molecule has 162 valence electrons. The molecule has 0 aromatic heterocycles. The van der Waals surface area contributed by atoms with Crippen molar-refractivity contribution < 1.29 is 17.9 Å². The number of nitrogens with zero attached hydrogens (tertiary/aromatic N) is 3. The smallest absolute Gasteiger partial charge is 0.238 e. The van der Waals surface area contributed by atoms with Gasteiger partial charge in [-0.1, -0.05) is 30.3 Å². The Morgan fingerprint density at radius 3 is 2.20 bits per heavy atom. The summed E-state index contributed by atoms with van der Waals surface area (Å²) in [7, 11) is -1.83. The van der Waals surface area contributed by atoms with Gasteiger partial charge >= 0.3 is 0 Å². The molecule has 0 unspecified atom stereocenters. The number of rotatable bonds is 8. The third-order valence-electron chi connectivity index (χ3n) is 5.34. The van der Waals surface area contributed by atoms with Crippen molar-refractivity contribution >= 4 is 21.6 Å². The zero-order chi connectivity index (χ0) is 21.6. The highest BCUT2D eigenvalue weighted by Gasteiger charge is 2.26. The second-order valence-electron chi connectivity index (χ2n) is 7.40. The summed E-state index contributed by atoms with van der Waals surface area (Å²) in [6, 6.07) is 17.5. The number of hydrogen-bond acceptors (Lipinski definition) is 5. The molecule has 0 saturated carbocycles. The van der Waals surface area contributed by atoms with Crippen LogP contribution >= 0.6 is 0 Å². The van der Waals surface area contributed by atoms with Gasteiger partial charge in [-0.2, -0.15) is 4.31 Å². The molecule has 1 heterocycles. The van der Waals surface area contributed by atoms with Crippen LogP contribution in [0.15, 0.2) is 54.6 Å². The van der Waals surface area contributed by atoms with Gasteiger partial charge in [0.2, 0.25) is 15.9 Å². The van der Waals surface area contributed by atoms with Crippen molar-refractivity contribution in [1.82, 2.24) is 9.21 Å². The second kappa shape index (κ2) is 9.95. The highest BCUT2D eigenvalue weighted by molar-refractivity contribution is 7.88. The Labute approximate surface area is 178 Å². The summed E-state index contributed by atoms with van der Waals surface area (Å²) >= 11 is 0. The van der Waals surface area contributed by atoms with Crippen LogP contribution in [0.2, 0.25) is 0 Å². The third kappa shape index (κ3) is 5.96. The van der Waals surface area contributed by atoms with Crippen LogP contribution in [0, 0.1) is 0 Å². The van der Waals surface area contributed by atoms with Gasteiger partial charge < -0.3 is 14.5 Å². The van der Waals surface area contributed by atoms with Gasteiger partial charge in [-0.05, 0) is 36.2 Å². The maximum atomic E-state index is 12.8. The standard InChI is InChI=1S/C22H29N3O4S/c1-29-21-10-8-20(9-11-21)23-14-16-24(17-15-23)22(26)18-25(30(2,27)28)13-12-19-6-4-3-5-7-19/h3-11H,12-18H2,1-2H3. The Kier molecular flexibility index (Phi) is 7.33. The molecule has 1 amide bonds. The first-order valence-electron chi connectivity index (χ1n) is 10.0. The summed E-state index contributed by atoms with van der Waals surface area (Å²) in [5.74, 6) is 0.659. The van der Waals surface area contributed by atoms with E-state index in [0.717, 1.165) is 23.3 Å². The minimum Gasteiger partial charge on any atom is -0.497 e. The number of sulfonamides is 1. The van der Waals surface area contributed by atoms with Crippen LogP contribution in [0.25, 0.3) is 0 Å². The number of benzene rings is 2. The van der Waals surface area contributed by atoms with Crippen molar-refractivity contribution in [3.8, 4) is 5.75 Å². The number of carbonyl (C=O) groups is 1. The van der Waals surface area contributed by atoms with E-state index in [2.05, 4.69) is 4.90 Å². The fraction of sp³-hybridized carbons (Fsp3) is 0.409. The van der Waals surface area contributed by atoms with E-state index in [0.29, 0.717) is 39.1 Å². The van der Waals surface area contributed by atoms with Gasteiger partial charge in [0.05, 0.1) is 19.9 Å². The van der Waals surface area contributed by atoms with Gasteiger partial charge in [-0.3, -0.25) is 4.79 Å². The van der Waals surface area contributed by atoms with Gasteiger partial charge in [0, 0.05) is 38.4 Å². The molecule has 1 aliphatic rings. The normalized spacial score (nSPS) is 14.8. The molecule has 0 N–H and O–H groups in total. The number of hydrogen-bond donors (Lipinski definition) is 0. The van der Waals surface area contributed by atoms with E-state index in [9.17, 15) is 13.2 Å². The van der Waals surface area contributed by atoms with E-state index >= 15 is 0 Å². The molecule has 1 saturated heterocycles. The fourth-order valence-corrected chi connectivity index (χ4v) is 4.29. The van der Waals surface area contributed by atoms with Crippen LogP contribution in [0.5, 0.6) is 5.75 Å². The fourth-order valence-electron chi connectivity index (χ4n) is 3.52. The molecule has 3 rings (SSSR count). The number of amides is 1. The molecule has 1 aliphatic heterocycles. The van der Waals surface area contributed by atoms with Crippen LogP contribution < -0.4 is 9.64 Å². The summed E-state index contributed by atoms with van der Waals surface area (Å²) in [6.45, 7) is 2.73. The average Bonchev–Trinajstić information content (AvgIpc) is 2.76. The largest absolute Gasteiger partial charge is 0.497 e. The van der Waals surface area contributed by atoms with Gasteiger partial charge in [0.1, 0.15) is 5.75 Å². The molecule has 7 nitrogen and oxygen atoms in total. The van der Waals surface area contributed by atoms with E-state index in [-0.39, 0.29) is 12.5 Å². The molecular weight excluding hydrogens is 402 g/mol. The van der Waals surface area contributed by atoms with E-state index in [1.54, 1.807) is 12.0 Å². The van der Waals surface area contributed by atoms with Crippen molar-refractivity contribution in [3.63, 3.8) is 0 Å². The number of carbonyl (C=O) groups excluding carboxylic acids is 1. The molecule has 0 atom stereocenters. The lowest BCUT2D eigenvalue weighted by Gasteiger charge is -2.37. The lowest BCUT2D eigenvalue weighted by molar-refractivity contribution is -0.131. The van der Waals surface area contributed by atoms with Gasteiger partial charge in [0.25, 0.3) is 0 Å².